The number of benzene rings is 6. The highest BCUT2D eigenvalue weighted by molar-refractivity contribution is 6.05. The quantitative estimate of drug-likeness (QED) is 0.169. The number of hydrogen-bond acceptors (Lipinski definition) is 5. The molecule has 0 spiro atoms. The van der Waals surface area contributed by atoms with Crippen molar-refractivity contribution in [2.45, 2.75) is 0 Å². The molecule has 0 saturated heterocycles. The van der Waals surface area contributed by atoms with E-state index in [1.807, 2.05) is 91.1 Å². The highest BCUT2D eigenvalue weighted by Crippen LogP contribution is 2.37. The van der Waals surface area contributed by atoms with Crippen LogP contribution >= 0.6 is 0 Å². The predicted molar refractivity (Wildman–Crippen MR) is 211 cm³/mol. The maximum atomic E-state index is 4.91. The van der Waals surface area contributed by atoms with Gasteiger partial charge in [-0.2, -0.15) is 0 Å². The van der Waals surface area contributed by atoms with Crippen molar-refractivity contribution in [1.82, 2.24) is 24.9 Å². The van der Waals surface area contributed by atoms with Crippen molar-refractivity contribution < 1.29 is 0 Å². The van der Waals surface area contributed by atoms with Gasteiger partial charge in [0, 0.05) is 34.6 Å². The average Bonchev–Trinajstić information content (AvgIpc) is 3.24. The second-order valence-electron chi connectivity index (χ2n) is 12.5. The molecule has 3 aromatic heterocycles. The fourth-order valence-corrected chi connectivity index (χ4v) is 6.61. The average molecular weight is 666 g/mol. The number of fused-ring (bicyclic) bond motifs is 1. The number of aromatic nitrogens is 5. The Morgan fingerprint density at radius 1 is 0.269 bits per heavy atom. The van der Waals surface area contributed by atoms with Gasteiger partial charge in [-0.25, -0.2) is 15.0 Å². The van der Waals surface area contributed by atoms with Crippen LogP contribution in [-0.2, 0) is 0 Å². The van der Waals surface area contributed by atoms with Crippen LogP contribution in [0.25, 0.3) is 89.7 Å². The normalized spacial score (nSPS) is 11.1. The third-order valence-electron chi connectivity index (χ3n) is 9.30. The first-order valence-electron chi connectivity index (χ1n) is 17.2. The Hall–Kier alpha value is -7.11. The lowest BCUT2D eigenvalue weighted by atomic mass is 9.91. The van der Waals surface area contributed by atoms with Gasteiger partial charge >= 0.3 is 0 Å². The summed E-state index contributed by atoms with van der Waals surface area (Å²) in [5, 5.41) is 2.40. The number of nitrogens with zero attached hydrogens (tertiary/aromatic N) is 5. The van der Waals surface area contributed by atoms with E-state index < -0.39 is 0 Å². The van der Waals surface area contributed by atoms with Crippen molar-refractivity contribution in [2.24, 2.45) is 0 Å². The summed E-state index contributed by atoms with van der Waals surface area (Å²) in [5.41, 5.74) is 11.4. The standard InChI is InChI=1S/C47H31N5/c1-3-11-35(12-4-1)45-50-46(36-13-5-2-6-14-36)52-47(51-45)37-24-22-34(23-25-37)40-28-27-39(41-15-7-8-16-42(40)41)33-20-18-32(19-21-33)38-26-29-44(49-31-38)43-17-9-10-30-48-43/h1-31H. The summed E-state index contributed by atoms with van der Waals surface area (Å²) >= 11 is 0. The van der Waals surface area contributed by atoms with E-state index in [2.05, 4.69) is 101 Å². The summed E-state index contributed by atoms with van der Waals surface area (Å²) < 4.78 is 0. The van der Waals surface area contributed by atoms with Gasteiger partial charge in [-0.3, -0.25) is 9.97 Å². The molecule has 5 nitrogen and oxygen atoms in total. The van der Waals surface area contributed by atoms with E-state index in [1.165, 1.54) is 21.9 Å². The van der Waals surface area contributed by atoms with Crippen LogP contribution in [0.2, 0.25) is 0 Å². The summed E-state index contributed by atoms with van der Waals surface area (Å²) in [6.45, 7) is 0. The summed E-state index contributed by atoms with van der Waals surface area (Å²) in [6, 6.07) is 60.4. The first-order valence-corrected chi connectivity index (χ1v) is 17.2. The molecule has 0 radical (unpaired) electrons. The van der Waals surface area contributed by atoms with Crippen LogP contribution in [-0.4, -0.2) is 24.9 Å². The fourth-order valence-electron chi connectivity index (χ4n) is 6.61. The van der Waals surface area contributed by atoms with E-state index in [4.69, 9.17) is 15.0 Å². The van der Waals surface area contributed by atoms with Crippen LogP contribution in [0.3, 0.4) is 0 Å². The molecule has 52 heavy (non-hydrogen) atoms. The lowest BCUT2D eigenvalue weighted by Crippen LogP contribution is -2.00. The molecule has 9 aromatic rings. The number of rotatable bonds is 7. The molecule has 0 N–H and O–H groups in total. The smallest absolute Gasteiger partial charge is 0.164 e. The fraction of sp³-hybridized carbons (Fsp3) is 0. The zero-order chi connectivity index (χ0) is 34.7. The SMILES string of the molecule is c1ccc(-c2nc(-c3ccccc3)nc(-c3ccc(-c4ccc(-c5ccc(-c6ccc(-c7ccccn7)nc6)cc5)c5ccccc45)cc3)n2)cc1. The first-order chi connectivity index (χ1) is 25.8. The lowest BCUT2D eigenvalue weighted by Gasteiger charge is -2.13. The van der Waals surface area contributed by atoms with Crippen LogP contribution in [0.4, 0.5) is 0 Å². The van der Waals surface area contributed by atoms with Crippen molar-refractivity contribution in [3.05, 3.63) is 188 Å². The third kappa shape index (κ3) is 6.12. The van der Waals surface area contributed by atoms with Crippen LogP contribution < -0.4 is 0 Å². The molecule has 0 atom stereocenters. The lowest BCUT2D eigenvalue weighted by molar-refractivity contribution is 1.07. The predicted octanol–water partition coefficient (Wildman–Crippen LogP) is 11.5. The molecule has 3 heterocycles. The molecular formula is C47H31N5. The third-order valence-corrected chi connectivity index (χ3v) is 9.30. The molecule has 0 amide bonds. The van der Waals surface area contributed by atoms with Gasteiger partial charge in [0.2, 0.25) is 0 Å². The van der Waals surface area contributed by atoms with E-state index in [9.17, 15) is 0 Å². The Morgan fingerprint density at radius 3 is 1.17 bits per heavy atom. The van der Waals surface area contributed by atoms with E-state index in [0.717, 1.165) is 50.3 Å². The van der Waals surface area contributed by atoms with E-state index >= 15 is 0 Å². The summed E-state index contributed by atoms with van der Waals surface area (Å²) in [4.78, 5) is 23.7. The van der Waals surface area contributed by atoms with Crippen LogP contribution in [0.5, 0.6) is 0 Å². The molecule has 0 fully saturated rings. The minimum atomic E-state index is 0.642. The van der Waals surface area contributed by atoms with Gasteiger partial charge in [0.1, 0.15) is 0 Å². The minimum absolute atomic E-state index is 0.642. The molecule has 244 valence electrons. The van der Waals surface area contributed by atoms with Crippen molar-refractivity contribution in [1.29, 1.82) is 0 Å². The monoisotopic (exact) mass is 665 g/mol. The van der Waals surface area contributed by atoms with E-state index in [0.29, 0.717) is 17.5 Å². The second kappa shape index (κ2) is 13.7. The summed E-state index contributed by atoms with van der Waals surface area (Å²) in [5.74, 6) is 1.94. The van der Waals surface area contributed by atoms with Crippen molar-refractivity contribution in [2.75, 3.05) is 0 Å². The Morgan fingerprint density at radius 2 is 0.692 bits per heavy atom. The van der Waals surface area contributed by atoms with Gasteiger partial charge in [0.05, 0.1) is 11.4 Å². The largest absolute Gasteiger partial charge is 0.255 e. The van der Waals surface area contributed by atoms with Gasteiger partial charge in [-0.15, -0.1) is 0 Å². The maximum absolute atomic E-state index is 4.91. The number of hydrogen-bond donors (Lipinski definition) is 0. The zero-order valence-corrected chi connectivity index (χ0v) is 28.1. The highest BCUT2D eigenvalue weighted by Gasteiger charge is 2.14. The Balaban J connectivity index is 1.02. The molecule has 6 aromatic carbocycles. The molecule has 0 saturated carbocycles. The molecular weight excluding hydrogens is 635 g/mol. The molecule has 0 aliphatic rings. The Labute approximate surface area is 302 Å². The molecule has 0 aliphatic heterocycles. The van der Waals surface area contributed by atoms with Crippen LogP contribution in [0.1, 0.15) is 0 Å². The molecule has 5 heteroatoms. The van der Waals surface area contributed by atoms with Gasteiger partial charge in [0.25, 0.3) is 0 Å². The van der Waals surface area contributed by atoms with Gasteiger partial charge in [0.15, 0.2) is 17.5 Å². The molecule has 0 aliphatic carbocycles. The number of pyridine rings is 2. The van der Waals surface area contributed by atoms with Crippen LogP contribution in [0.15, 0.2) is 188 Å². The zero-order valence-electron chi connectivity index (χ0n) is 28.1. The summed E-state index contributed by atoms with van der Waals surface area (Å²) in [7, 11) is 0. The summed E-state index contributed by atoms with van der Waals surface area (Å²) in [6.07, 6.45) is 3.71. The Kier molecular flexibility index (Phi) is 8.12. The van der Waals surface area contributed by atoms with E-state index in [-0.39, 0.29) is 0 Å². The second-order valence-corrected chi connectivity index (χ2v) is 12.5. The first kappa shape index (κ1) is 30.9. The van der Waals surface area contributed by atoms with Gasteiger partial charge in [-0.1, -0.05) is 158 Å². The van der Waals surface area contributed by atoms with Crippen molar-refractivity contribution in [3.8, 4) is 78.9 Å². The van der Waals surface area contributed by atoms with E-state index in [1.54, 1.807) is 6.20 Å². The van der Waals surface area contributed by atoms with Crippen molar-refractivity contribution >= 4 is 10.8 Å². The van der Waals surface area contributed by atoms with Crippen LogP contribution in [0, 0.1) is 0 Å². The van der Waals surface area contributed by atoms with Gasteiger partial charge < -0.3 is 0 Å². The maximum Gasteiger partial charge on any atom is 0.164 e. The highest BCUT2D eigenvalue weighted by atomic mass is 15.0. The molecule has 0 bridgehead atoms. The Bertz CT molecular complexity index is 2570. The molecule has 9 rings (SSSR count). The minimum Gasteiger partial charge on any atom is -0.255 e. The topological polar surface area (TPSA) is 64.5 Å². The molecule has 0 unspecified atom stereocenters. The van der Waals surface area contributed by atoms with Gasteiger partial charge in [-0.05, 0) is 56.8 Å². The van der Waals surface area contributed by atoms with Crippen molar-refractivity contribution in [3.63, 3.8) is 0 Å².